The van der Waals surface area contributed by atoms with Crippen LogP contribution in [0.25, 0.3) is 0 Å². The summed E-state index contributed by atoms with van der Waals surface area (Å²) in [5.41, 5.74) is 0. The molecule has 2 fully saturated rings. The molecule has 1 atom stereocenters. The maximum atomic E-state index is 11.8. The van der Waals surface area contributed by atoms with Crippen molar-refractivity contribution in [2.75, 3.05) is 39.5 Å². The molecule has 6 heteroatoms. The minimum atomic E-state index is 0.0372. The van der Waals surface area contributed by atoms with Crippen LogP contribution in [0.15, 0.2) is 4.99 Å². The summed E-state index contributed by atoms with van der Waals surface area (Å²) < 4.78 is 0.291. The maximum Gasteiger partial charge on any atom is 0.243 e. The second-order valence-corrected chi connectivity index (χ2v) is 9.28. The van der Waals surface area contributed by atoms with Gasteiger partial charge in [0.1, 0.15) is 6.54 Å². The van der Waals surface area contributed by atoms with Crippen molar-refractivity contribution in [2.45, 2.75) is 56.6 Å². The third kappa shape index (κ3) is 6.54. The molecule has 2 rings (SSSR count). The van der Waals surface area contributed by atoms with Crippen molar-refractivity contribution in [2.24, 2.45) is 10.9 Å². The van der Waals surface area contributed by atoms with Gasteiger partial charge in [-0.05, 0) is 44.3 Å². The van der Waals surface area contributed by atoms with Gasteiger partial charge < -0.3 is 15.5 Å². The number of hydrogen-bond donors (Lipinski definition) is 2. The Morgan fingerprint density at radius 1 is 1.21 bits per heavy atom. The molecule has 1 heterocycles. The number of carbonyl (C=O) groups is 1. The molecule has 2 aliphatic rings. The first kappa shape index (κ1) is 19.4. The predicted octanol–water partition coefficient (Wildman–Crippen LogP) is 2.48. The zero-order valence-corrected chi connectivity index (χ0v) is 16.4. The Morgan fingerprint density at radius 3 is 2.58 bits per heavy atom. The Hall–Kier alpha value is -0.910. The van der Waals surface area contributed by atoms with Crippen LogP contribution in [-0.4, -0.2) is 61.0 Å². The number of rotatable bonds is 6. The lowest BCUT2D eigenvalue weighted by Gasteiger charge is -2.26. The number of guanidine groups is 1. The predicted molar refractivity (Wildman–Crippen MR) is 104 cm³/mol. The normalized spacial score (nSPS) is 25.5. The van der Waals surface area contributed by atoms with E-state index >= 15 is 0 Å². The molecular formula is C18H34N4OS. The average molecular weight is 355 g/mol. The lowest BCUT2D eigenvalue weighted by atomic mass is 9.89. The lowest BCUT2D eigenvalue weighted by Crippen LogP contribution is -2.45. The van der Waals surface area contributed by atoms with Crippen LogP contribution >= 0.6 is 11.8 Å². The van der Waals surface area contributed by atoms with E-state index in [4.69, 9.17) is 0 Å². The van der Waals surface area contributed by atoms with E-state index in [1.54, 1.807) is 19.0 Å². The molecule has 0 radical (unpaired) electrons. The SMILES string of the molecule is CN(C)C(=O)CN=C(NCC1CCCCC1)NCC1(C)CCCS1. The van der Waals surface area contributed by atoms with Crippen molar-refractivity contribution in [3.8, 4) is 0 Å². The Labute approximate surface area is 151 Å². The van der Waals surface area contributed by atoms with Gasteiger partial charge >= 0.3 is 0 Å². The number of thioether (sulfide) groups is 1. The Bertz CT molecular complexity index is 427. The van der Waals surface area contributed by atoms with Crippen LogP contribution in [0.4, 0.5) is 0 Å². The summed E-state index contributed by atoms with van der Waals surface area (Å²) in [5.74, 6) is 2.82. The molecule has 1 saturated heterocycles. The Balaban J connectivity index is 1.86. The number of nitrogens with zero attached hydrogens (tertiary/aromatic N) is 2. The monoisotopic (exact) mass is 354 g/mol. The van der Waals surface area contributed by atoms with Gasteiger partial charge in [-0.2, -0.15) is 11.8 Å². The van der Waals surface area contributed by atoms with Crippen molar-refractivity contribution in [3.63, 3.8) is 0 Å². The fourth-order valence-corrected chi connectivity index (χ4v) is 4.59. The summed E-state index contributed by atoms with van der Waals surface area (Å²) in [5, 5.41) is 6.97. The highest BCUT2D eigenvalue weighted by Crippen LogP contribution is 2.36. The van der Waals surface area contributed by atoms with E-state index in [-0.39, 0.29) is 12.5 Å². The van der Waals surface area contributed by atoms with Gasteiger partial charge in [-0.3, -0.25) is 4.79 Å². The van der Waals surface area contributed by atoms with Crippen molar-refractivity contribution >= 4 is 23.6 Å². The molecule has 0 bridgehead atoms. The number of hydrogen-bond acceptors (Lipinski definition) is 3. The van der Waals surface area contributed by atoms with Crippen LogP contribution in [0.2, 0.25) is 0 Å². The number of likely N-dealkylation sites (N-methyl/N-ethyl adjacent to an activating group) is 1. The molecule has 2 N–H and O–H groups in total. The molecule has 1 unspecified atom stereocenters. The van der Waals surface area contributed by atoms with E-state index in [1.807, 2.05) is 11.8 Å². The number of aliphatic imine (C=N–C) groups is 1. The van der Waals surface area contributed by atoms with Gasteiger partial charge in [0.05, 0.1) is 0 Å². The molecule has 1 amide bonds. The number of carbonyl (C=O) groups excluding carboxylic acids is 1. The molecule has 0 aromatic rings. The second kappa shape index (κ2) is 9.54. The highest BCUT2D eigenvalue weighted by Gasteiger charge is 2.29. The molecule has 138 valence electrons. The average Bonchev–Trinajstić information content (AvgIpc) is 3.01. The van der Waals surface area contributed by atoms with E-state index in [0.29, 0.717) is 4.75 Å². The van der Waals surface area contributed by atoms with Gasteiger partial charge in [0, 0.05) is 31.9 Å². The van der Waals surface area contributed by atoms with Gasteiger partial charge in [-0.15, -0.1) is 0 Å². The first-order chi connectivity index (χ1) is 11.5. The van der Waals surface area contributed by atoms with Gasteiger partial charge in [-0.1, -0.05) is 19.3 Å². The zero-order valence-electron chi connectivity index (χ0n) is 15.6. The van der Waals surface area contributed by atoms with E-state index < -0.39 is 0 Å². The molecule has 5 nitrogen and oxygen atoms in total. The quantitative estimate of drug-likeness (QED) is 0.568. The third-order valence-corrected chi connectivity index (χ3v) is 6.62. The Kier molecular flexibility index (Phi) is 7.72. The standard InChI is InChI=1S/C18H34N4OS/c1-18(10-7-11-24-18)14-21-17(20-13-16(23)22(2)3)19-12-15-8-5-4-6-9-15/h15H,4-14H2,1-3H3,(H2,19,20,21). The molecule has 1 aliphatic heterocycles. The molecule has 0 spiro atoms. The van der Waals surface area contributed by atoms with E-state index in [9.17, 15) is 4.79 Å². The number of amides is 1. The highest BCUT2D eigenvalue weighted by molar-refractivity contribution is 8.00. The molecule has 1 saturated carbocycles. The van der Waals surface area contributed by atoms with Gasteiger partial charge in [0.25, 0.3) is 0 Å². The summed E-state index contributed by atoms with van der Waals surface area (Å²) >= 11 is 2.04. The van der Waals surface area contributed by atoms with Gasteiger partial charge in [-0.25, -0.2) is 4.99 Å². The first-order valence-electron chi connectivity index (χ1n) is 9.35. The summed E-state index contributed by atoms with van der Waals surface area (Å²) in [7, 11) is 3.55. The lowest BCUT2D eigenvalue weighted by molar-refractivity contribution is -0.127. The summed E-state index contributed by atoms with van der Waals surface area (Å²) in [4.78, 5) is 17.9. The highest BCUT2D eigenvalue weighted by atomic mass is 32.2. The van der Waals surface area contributed by atoms with Crippen molar-refractivity contribution < 1.29 is 4.79 Å². The van der Waals surface area contributed by atoms with Crippen LogP contribution < -0.4 is 10.6 Å². The first-order valence-corrected chi connectivity index (χ1v) is 10.3. The van der Waals surface area contributed by atoms with Crippen LogP contribution in [0.1, 0.15) is 51.9 Å². The maximum absolute atomic E-state index is 11.8. The third-order valence-electron chi connectivity index (χ3n) is 5.08. The summed E-state index contributed by atoms with van der Waals surface area (Å²) in [6.45, 7) is 4.40. The molecule has 0 aromatic heterocycles. The molecule has 1 aliphatic carbocycles. The molecule has 24 heavy (non-hydrogen) atoms. The van der Waals surface area contributed by atoms with Gasteiger partial charge in [0.15, 0.2) is 5.96 Å². The largest absolute Gasteiger partial charge is 0.356 e. The van der Waals surface area contributed by atoms with Crippen LogP contribution in [0, 0.1) is 5.92 Å². The smallest absolute Gasteiger partial charge is 0.243 e. The van der Waals surface area contributed by atoms with Crippen molar-refractivity contribution in [1.29, 1.82) is 0 Å². The van der Waals surface area contributed by atoms with Crippen LogP contribution in [-0.2, 0) is 4.79 Å². The van der Waals surface area contributed by atoms with Crippen molar-refractivity contribution in [3.05, 3.63) is 0 Å². The van der Waals surface area contributed by atoms with E-state index in [0.717, 1.165) is 25.0 Å². The molecular weight excluding hydrogens is 320 g/mol. The van der Waals surface area contributed by atoms with Crippen molar-refractivity contribution in [1.82, 2.24) is 15.5 Å². The molecule has 0 aromatic carbocycles. The summed E-state index contributed by atoms with van der Waals surface area (Å²) in [6.07, 6.45) is 9.23. The Morgan fingerprint density at radius 2 is 1.96 bits per heavy atom. The van der Waals surface area contributed by atoms with E-state index in [1.165, 1.54) is 50.7 Å². The van der Waals surface area contributed by atoms with Crippen LogP contribution in [0.5, 0.6) is 0 Å². The fourth-order valence-electron chi connectivity index (χ4n) is 3.34. The van der Waals surface area contributed by atoms with Gasteiger partial charge in [0.2, 0.25) is 5.91 Å². The minimum absolute atomic E-state index is 0.0372. The number of nitrogens with one attached hydrogen (secondary N) is 2. The zero-order chi connectivity index (χ0) is 17.4. The fraction of sp³-hybridized carbons (Fsp3) is 0.889. The second-order valence-electron chi connectivity index (χ2n) is 7.59. The van der Waals surface area contributed by atoms with E-state index in [2.05, 4.69) is 22.5 Å². The topological polar surface area (TPSA) is 56.7 Å². The summed E-state index contributed by atoms with van der Waals surface area (Å²) in [6, 6.07) is 0. The minimum Gasteiger partial charge on any atom is -0.356 e. The van der Waals surface area contributed by atoms with Crippen LogP contribution in [0.3, 0.4) is 0 Å².